The number of nitrogens with zero attached hydrogens (tertiary/aromatic N) is 1. The van der Waals surface area contributed by atoms with Crippen molar-refractivity contribution in [1.82, 2.24) is 5.32 Å². The van der Waals surface area contributed by atoms with E-state index in [-0.39, 0.29) is 10.6 Å². The third kappa shape index (κ3) is 3.91. The van der Waals surface area contributed by atoms with E-state index in [1.165, 1.54) is 18.9 Å². The fourth-order valence-corrected chi connectivity index (χ4v) is 2.66. The highest BCUT2D eigenvalue weighted by Crippen LogP contribution is 2.35. The number of aryl methyl sites for hydroxylation is 1. The highest BCUT2D eigenvalue weighted by atomic mass is 35.5. The Kier molecular flexibility index (Phi) is 4.77. The van der Waals surface area contributed by atoms with Crippen LogP contribution < -0.4 is 5.32 Å². The maximum atomic E-state index is 11.0. The molecule has 1 aromatic carbocycles. The molecular weight excluding hydrogens is 264 g/mol. The molecule has 0 aliphatic heterocycles. The molecule has 1 fully saturated rings. The van der Waals surface area contributed by atoms with Crippen LogP contribution in [0.1, 0.15) is 31.7 Å². The van der Waals surface area contributed by atoms with Crippen molar-refractivity contribution in [1.29, 1.82) is 0 Å². The van der Waals surface area contributed by atoms with E-state index in [1.54, 1.807) is 12.1 Å². The summed E-state index contributed by atoms with van der Waals surface area (Å²) in [5, 5.41) is 14.9. The summed E-state index contributed by atoms with van der Waals surface area (Å²) in [4.78, 5) is 10.7. The van der Waals surface area contributed by atoms with Crippen LogP contribution in [0.3, 0.4) is 0 Å². The normalized spacial score (nSPS) is 16.3. The smallest absolute Gasteiger partial charge is 0.274 e. The Morgan fingerprint density at radius 2 is 2.26 bits per heavy atom. The SMILES string of the molecule is CCNC(CCc1ccc(Cl)cc1[N+](=O)[O-])C1CC1. The molecule has 0 saturated heterocycles. The first-order chi connectivity index (χ1) is 9.11. The average Bonchev–Trinajstić information content (AvgIpc) is 3.19. The van der Waals surface area contributed by atoms with E-state index in [1.807, 2.05) is 0 Å². The van der Waals surface area contributed by atoms with Gasteiger partial charge in [0.15, 0.2) is 0 Å². The van der Waals surface area contributed by atoms with Crippen LogP contribution in [0.15, 0.2) is 18.2 Å². The standard InChI is InChI=1S/C14H19ClN2O2/c1-2-16-13(10-3-4-10)8-6-11-5-7-12(15)9-14(11)17(18)19/h5,7,9-10,13,16H,2-4,6,8H2,1H3. The number of halogens is 1. The van der Waals surface area contributed by atoms with Gasteiger partial charge in [-0.05, 0) is 44.2 Å². The molecule has 19 heavy (non-hydrogen) atoms. The van der Waals surface area contributed by atoms with Gasteiger partial charge in [-0.1, -0.05) is 24.6 Å². The summed E-state index contributed by atoms with van der Waals surface area (Å²) < 4.78 is 0. The second-order valence-corrected chi connectivity index (χ2v) is 5.51. The lowest BCUT2D eigenvalue weighted by Crippen LogP contribution is -2.31. The van der Waals surface area contributed by atoms with Crippen LogP contribution in [0.5, 0.6) is 0 Å². The van der Waals surface area contributed by atoms with Crippen LogP contribution in [-0.2, 0) is 6.42 Å². The van der Waals surface area contributed by atoms with Crippen molar-refractivity contribution in [2.75, 3.05) is 6.54 Å². The zero-order valence-corrected chi connectivity index (χ0v) is 11.8. The monoisotopic (exact) mass is 282 g/mol. The van der Waals surface area contributed by atoms with Gasteiger partial charge in [-0.2, -0.15) is 0 Å². The van der Waals surface area contributed by atoms with Gasteiger partial charge in [-0.15, -0.1) is 0 Å². The average molecular weight is 283 g/mol. The van der Waals surface area contributed by atoms with E-state index >= 15 is 0 Å². The van der Waals surface area contributed by atoms with Crippen LogP contribution in [0.4, 0.5) is 5.69 Å². The summed E-state index contributed by atoms with van der Waals surface area (Å²) in [6, 6.07) is 5.43. The molecule has 0 spiro atoms. The number of nitro benzene ring substituents is 1. The Bertz CT molecular complexity index is 461. The summed E-state index contributed by atoms with van der Waals surface area (Å²) in [5.74, 6) is 0.756. The maximum Gasteiger partial charge on any atom is 0.274 e. The molecule has 4 nitrogen and oxygen atoms in total. The fourth-order valence-electron chi connectivity index (χ4n) is 2.49. The number of benzene rings is 1. The van der Waals surface area contributed by atoms with E-state index in [4.69, 9.17) is 11.6 Å². The molecule has 0 heterocycles. The first-order valence-electron chi connectivity index (χ1n) is 6.78. The Balaban J connectivity index is 2.03. The van der Waals surface area contributed by atoms with E-state index in [0.717, 1.165) is 30.9 Å². The topological polar surface area (TPSA) is 55.2 Å². The van der Waals surface area contributed by atoms with Gasteiger partial charge in [0.1, 0.15) is 0 Å². The molecule has 0 radical (unpaired) electrons. The molecule has 2 rings (SSSR count). The highest BCUT2D eigenvalue weighted by Gasteiger charge is 2.30. The van der Waals surface area contributed by atoms with Gasteiger partial charge in [0.25, 0.3) is 5.69 Å². The molecule has 1 aromatic rings. The second kappa shape index (κ2) is 6.35. The van der Waals surface area contributed by atoms with Crippen molar-refractivity contribution in [2.45, 2.75) is 38.6 Å². The van der Waals surface area contributed by atoms with Gasteiger partial charge in [0.05, 0.1) is 4.92 Å². The molecule has 0 amide bonds. The Hall–Kier alpha value is -1.13. The zero-order chi connectivity index (χ0) is 13.8. The summed E-state index contributed by atoms with van der Waals surface area (Å²) in [6.07, 6.45) is 4.23. The van der Waals surface area contributed by atoms with Crippen LogP contribution in [-0.4, -0.2) is 17.5 Å². The first kappa shape index (κ1) is 14.3. The van der Waals surface area contributed by atoms with Crippen molar-refractivity contribution >= 4 is 17.3 Å². The minimum absolute atomic E-state index is 0.138. The summed E-state index contributed by atoms with van der Waals surface area (Å²) in [5.41, 5.74) is 0.913. The Morgan fingerprint density at radius 3 is 2.84 bits per heavy atom. The molecular formula is C14H19ClN2O2. The predicted molar refractivity (Wildman–Crippen MR) is 76.6 cm³/mol. The fraction of sp³-hybridized carbons (Fsp3) is 0.571. The van der Waals surface area contributed by atoms with Gasteiger partial charge in [0, 0.05) is 22.7 Å². The number of hydrogen-bond acceptors (Lipinski definition) is 3. The molecule has 0 bridgehead atoms. The maximum absolute atomic E-state index is 11.0. The molecule has 0 aromatic heterocycles. The predicted octanol–water partition coefficient (Wildman–Crippen LogP) is 3.57. The van der Waals surface area contributed by atoms with Crippen LogP contribution in [0.2, 0.25) is 5.02 Å². The number of nitro groups is 1. The van der Waals surface area contributed by atoms with E-state index < -0.39 is 0 Å². The quantitative estimate of drug-likeness (QED) is 0.614. The summed E-state index contributed by atoms with van der Waals surface area (Å²) in [7, 11) is 0. The molecule has 1 saturated carbocycles. The number of rotatable bonds is 7. The van der Waals surface area contributed by atoms with E-state index in [0.29, 0.717) is 11.1 Å². The van der Waals surface area contributed by atoms with Crippen molar-refractivity contribution in [2.24, 2.45) is 5.92 Å². The van der Waals surface area contributed by atoms with Crippen molar-refractivity contribution in [3.8, 4) is 0 Å². The lowest BCUT2D eigenvalue weighted by Gasteiger charge is -2.17. The highest BCUT2D eigenvalue weighted by molar-refractivity contribution is 6.30. The molecule has 1 aliphatic carbocycles. The molecule has 5 heteroatoms. The molecule has 104 valence electrons. The van der Waals surface area contributed by atoms with Crippen molar-refractivity contribution in [3.63, 3.8) is 0 Å². The second-order valence-electron chi connectivity index (χ2n) is 5.07. The minimum atomic E-state index is -0.347. The molecule has 1 N–H and O–H groups in total. The van der Waals surface area contributed by atoms with Crippen LogP contribution in [0, 0.1) is 16.0 Å². The Labute approximate surface area is 118 Å². The van der Waals surface area contributed by atoms with Gasteiger partial charge in [0.2, 0.25) is 0 Å². The van der Waals surface area contributed by atoms with E-state index in [2.05, 4.69) is 12.2 Å². The molecule has 1 unspecified atom stereocenters. The van der Waals surface area contributed by atoms with Gasteiger partial charge in [-0.25, -0.2) is 0 Å². The lowest BCUT2D eigenvalue weighted by atomic mass is 10.0. The Morgan fingerprint density at radius 1 is 1.53 bits per heavy atom. The third-order valence-electron chi connectivity index (χ3n) is 3.63. The summed E-state index contributed by atoms with van der Waals surface area (Å²) in [6.45, 7) is 3.05. The zero-order valence-electron chi connectivity index (χ0n) is 11.1. The van der Waals surface area contributed by atoms with Gasteiger partial charge < -0.3 is 5.32 Å². The first-order valence-corrected chi connectivity index (χ1v) is 7.15. The summed E-state index contributed by atoms with van der Waals surface area (Å²) >= 11 is 5.82. The molecule has 1 atom stereocenters. The van der Waals surface area contributed by atoms with Crippen molar-refractivity contribution in [3.05, 3.63) is 38.9 Å². The van der Waals surface area contributed by atoms with Crippen LogP contribution in [0.25, 0.3) is 0 Å². The minimum Gasteiger partial charge on any atom is -0.314 e. The largest absolute Gasteiger partial charge is 0.314 e. The van der Waals surface area contributed by atoms with E-state index in [9.17, 15) is 10.1 Å². The van der Waals surface area contributed by atoms with Gasteiger partial charge in [-0.3, -0.25) is 10.1 Å². The number of nitrogens with one attached hydrogen (secondary N) is 1. The number of hydrogen-bond donors (Lipinski definition) is 1. The van der Waals surface area contributed by atoms with Crippen LogP contribution >= 0.6 is 11.6 Å². The van der Waals surface area contributed by atoms with Gasteiger partial charge >= 0.3 is 0 Å². The third-order valence-corrected chi connectivity index (χ3v) is 3.86. The molecule has 1 aliphatic rings. The van der Waals surface area contributed by atoms with Crippen molar-refractivity contribution < 1.29 is 4.92 Å². The lowest BCUT2D eigenvalue weighted by molar-refractivity contribution is -0.385.